The maximum absolute atomic E-state index is 14.8. The van der Waals surface area contributed by atoms with Crippen molar-refractivity contribution in [2.24, 2.45) is 11.1 Å². The van der Waals surface area contributed by atoms with E-state index in [0.29, 0.717) is 16.3 Å². The Kier molecular flexibility index (Phi) is 5.65. The first kappa shape index (κ1) is 20.7. The predicted molar refractivity (Wildman–Crippen MR) is 102 cm³/mol. The highest BCUT2D eigenvalue weighted by Gasteiger charge is 2.47. The van der Waals surface area contributed by atoms with Crippen LogP contribution in [0.3, 0.4) is 0 Å². The van der Waals surface area contributed by atoms with Crippen molar-refractivity contribution in [3.8, 4) is 0 Å². The molecule has 2 aliphatic rings. The van der Waals surface area contributed by atoms with E-state index < -0.39 is 41.5 Å². The minimum Gasteiger partial charge on any atom is -0.387 e. The van der Waals surface area contributed by atoms with E-state index in [1.54, 1.807) is 0 Å². The van der Waals surface area contributed by atoms with Crippen molar-refractivity contribution in [2.75, 3.05) is 18.1 Å². The van der Waals surface area contributed by atoms with Crippen LogP contribution >= 0.6 is 11.8 Å². The first-order valence-corrected chi connectivity index (χ1v) is 11.5. The topological polar surface area (TPSA) is 168 Å². The number of nitrogen functional groups attached to an aromatic ring is 1. The Bertz CT molecular complexity index is 1000. The number of aromatic nitrogens is 4. The second-order valence-electron chi connectivity index (χ2n) is 7.09. The van der Waals surface area contributed by atoms with Gasteiger partial charge in [0.15, 0.2) is 18.0 Å². The van der Waals surface area contributed by atoms with E-state index in [2.05, 4.69) is 19.2 Å². The minimum atomic E-state index is -4.26. The summed E-state index contributed by atoms with van der Waals surface area (Å²) in [6.07, 6.45) is -1.35. The van der Waals surface area contributed by atoms with Gasteiger partial charge in [0, 0.05) is 5.75 Å². The number of hydrogen-bond donors (Lipinski definition) is 3. The van der Waals surface area contributed by atoms with Crippen molar-refractivity contribution >= 4 is 38.9 Å². The summed E-state index contributed by atoms with van der Waals surface area (Å²) in [5.74, 6) is 1.66. The molecule has 160 valence electrons. The molecule has 2 aromatic heterocycles. The third-order valence-electron chi connectivity index (χ3n) is 5.10. The number of ether oxygens (including phenoxy) is 1. The Labute approximate surface area is 170 Å². The zero-order valence-electron chi connectivity index (χ0n) is 15.2. The molecule has 2 aromatic rings. The fourth-order valence-corrected chi connectivity index (χ4v) is 4.84. The third kappa shape index (κ3) is 4.18. The highest BCUT2D eigenvalue weighted by molar-refractivity contribution is 7.99. The molecule has 0 radical (unpaired) electrons. The molecule has 4 rings (SSSR count). The maximum Gasteiger partial charge on any atom is 0.333 e. The van der Waals surface area contributed by atoms with Gasteiger partial charge in [0.25, 0.3) is 0 Å². The number of aliphatic hydroxyl groups is 1. The van der Waals surface area contributed by atoms with Crippen molar-refractivity contribution in [1.29, 1.82) is 0 Å². The number of anilines is 1. The van der Waals surface area contributed by atoms with Crippen LogP contribution in [0, 0.1) is 5.92 Å². The first-order chi connectivity index (χ1) is 13.7. The monoisotopic (exact) mass is 448 g/mol. The zero-order chi connectivity index (χ0) is 20.8. The number of thioether (sulfide) groups is 1. The van der Waals surface area contributed by atoms with E-state index in [9.17, 15) is 17.9 Å². The number of fused-ring (bicyclic) bond motifs is 1. The Balaban J connectivity index is 1.61. The van der Waals surface area contributed by atoms with Gasteiger partial charge in [0.1, 0.15) is 29.4 Å². The first-order valence-electron chi connectivity index (χ1n) is 9.01. The normalized spacial score (nSPS) is 28.1. The number of rotatable bonds is 7. The minimum absolute atomic E-state index is 0.209. The zero-order valence-corrected chi connectivity index (χ0v) is 16.9. The maximum atomic E-state index is 14.8. The van der Waals surface area contributed by atoms with Crippen LogP contribution < -0.4 is 10.9 Å². The largest absolute Gasteiger partial charge is 0.387 e. The van der Waals surface area contributed by atoms with Gasteiger partial charge in [-0.2, -0.15) is 13.5 Å². The highest BCUT2D eigenvalue weighted by Crippen LogP contribution is 2.39. The third-order valence-corrected chi connectivity index (χ3v) is 6.76. The Hall–Kier alpha value is -1.58. The summed E-state index contributed by atoms with van der Waals surface area (Å²) in [5, 5.41) is 20.4. The highest BCUT2D eigenvalue weighted by atomic mass is 32.2. The molecular formula is C15H21FN6O5S2. The molecule has 0 aromatic carbocycles. The van der Waals surface area contributed by atoms with Gasteiger partial charge in [0.2, 0.25) is 0 Å². The fraction of sp³-hybridized carbons (Fsp3) is 0.667. The number of nitrogens with zero attached hydrogens (tertiary/aromatic N) is 4. The fourth-order valence-electron chi connectivity index (χ4n) is 3.30. The summed E-state index contributed by atoms with van der Waals surface area (Å²) in [4.78, 5) is 8.15. The van der Waals surface area contributed by atoms with Crippen LogP contribution in [0.5, 0.6) is 0 Å². The SMILES string of the molecule is Nc1ncnc2c1c(SCC1CCC1)nn2[C@@H]1O[C@H](COS(N)(=O)=O)[C@@H](O)[C@@H]1F. The Morgan fingerprint density at radius 2 is 2.17 bits per heavy atom. The van der Waals surface area contributed by atoms with E-state index in [4.69, 9.17) is 15.6 Å². The van der Waals surface area contributed by atoms with E-state index in [1.807, 2.05) is 0 Å². The quantitative estimate of drug-likeness (QED) is 0.494. The molecule has 1 saturated carbocycles. The van der Waals surface area contributed by atoms with E-state index >= 15 is 0 Å². The van der Waals surface area contributed by atoms with Gasteiger partial charge < -0.3 is 15.6 Å². The molecule has 1 aliphatic heterocycles. The molecule has 1 aliphatic carbocycles. The summed E-state index contributed by atoms with van der Waals surface area (Å²) in [5.41, 5.74) is 6.27. The molecule has 3 heterocycles. The second kappa shape index (κ2) is 7.92. The lowest BCUT2D eigenvalue weighted by Crippen LogP contribution is -2.33. The molecule has 2 fully saturated rings. The van der Waals surface area contributed by atoms with E-state index in [0.717, 1.165) is 18.6 Å². The Morgan fingerprint density at radius 1 is 1.41 bits per heavy atom. The molecule has 0 unspecified atom stereocenters. The predicted octanol–water partition coefficient (Wildman–Crippen LogP) is 0.117. The van der Waals surface area contributed by atoms with E-state index in [1.165, 1.54) is 29.2 Å². The van der Waals surface area contributed by atoms with Gasteiger partial charge >= 0.3 is 10.3 Å². The molecular weight excluding hydrogens is 427 g/mol. The van der Waals surface area contributed by atoms with Gasteiger partial charge in [-0.3, -0.25) is 4.18 Å². The van der Waals surface area contributed by atoms with Gasteiger partial charge in [0.05, 0.1) is 12.0 Å². The van der Waals surface area contributed by atoms with Crippen LogP contribution in [0.1, 0.15) is 25.5 Å². The Morgan fingerprint density at radius 3 is 2.83 bits per heavy atom. The smallest absolute Gasteiger partial charge is 0.333 e. The lowest BCUT2D eigenvalue weighted by atomic mass is 9.87. The molecule has 29 heavy (non-hydrogen) atoms. The van der Waals surface area contributed by atoms with Gasteiger partial charge in [-0.1, -0.05) is 6.42 Å². The number of hydrogen-bond acceptors (Lipinski definition) is 10. The average molecular weight is 449 g/mol. The van der Waals surface area contributed by atoms with Crippen LogP contribution in [0.15, 0.2) is 11.4 Å². The summed E-state index contributed by atoms with van der Waals surface area (Å²) >= 11 is 1.49. The van der Waals surface area contributed by atoms with E-state index in [-0.39, 0.29) is 11.5 Å². The molecule has 5 N–H and O–H groups in total. The van der Waals surface area contributed by atoms with Crippen molar-refractivity contribution in [1.82, 2.24) is 19.7 Å². The van der Waals surface area contributed by atoms with Crippen LogP contribution in [0.25, 0.3) is 11.0 Å². The standard InChI is InChI=1S/C15H21FN6O5S2/c16-10-11(23)8(4-26-29(18,24)25)27-15(10)22-13-9(12(17)19-6-20-13)14(21-22)28-5-7-2-1-3-7/h6-8,10-11,15,23H,1-5H2,(H2,17,19,20)(H2,18,24,25)/t8-,10+,11-,15-/m1/s1. The van der Waals surface area contributed by atoms with Gasteiger partial charge in [-0.05, 0) is 18.8 Å². The van der Waals surface area contributed by atoms with Crippen molar-refractivity contribution in [3.05, 3.63) is 6.33 Å². The second-order valence-corrected chi connectivity index (χ2v) is 9.32. The molecule has 0 amide bonds. The summed E-state index contributed by atoms with van der Waals surface area (Å²) < 4.78 is 47.9. The molecule has 1 saturated heterocycles. The molecule has 4 atom stereocenters. The molecule has 14 heteroatoms. The van der Waals surface area contributed by atoms with Crippen molar-refractivity contribution < 1.29 is 26.8 Å². The molecule has 11 nitrogen and oxygen atoms in total. The summed E-state index contributed by atoms with van der Waals surface area (Å²) in [6.45, 7) is -0.628. The lowest BCUT2D eigenvalue weighted by Gasteiger charge is -2.24. The van der Waals surface area contributed by atoms with Crippen molar-refractivity contribution in [2.45, 2.75) is 48.9 Å². The number of halogens is 1. The lowest BCUT2D eigenvalue weighted by molar-refractivity contribution is -0.0456. The number of alkyl halides is 1. The molecule has 0 spiro atoms. The van der Waals surface area contributed by atoms with Crippen LogP contribution in [-0.4, -0.2) is 64.0 Å². The van der Waals surface area contributed by atoms with Gasteiger partial charge in [-0.15, -0.1) is 11.8 Å². The van der Waals surface area contributed by atoms with Crippen LogP contribution in [-0.2, 0) is 19.2 Å². The number of aliphatic hydroxyl groups excluding tert-OH is 1. The van der Waals surface area contributed by atoms with Crippen LogP contribution in [0.4, 0.5) is 10.2 Å². The summed E-state index contributed by atoms with van der Waals surface area (Å²) in [6, 6.07) is 0. The summed E-state index contributed by atoms with van der Waals surface area (Å²) in [7, 11) is -4.26. The average Bonchev–Trinajstić information content (AvgIpc) is 3.11. The molecule has 0 bridgehead atoms. The van der Waals surface area contributed by atoms with Crippen LogP contribution in [0.2, 0.25) is 0 Å². The van der Waals surface area contributed by atoms with Gasteiger partial charge in [-0.25, -0.2) is 24.2 Å². The van der Waals surface area contributed by atoms with Crippen molar-refractivity contribution in [3.63, 3.8) is 0 Å². The number of nitrogens with two attached hydrogens (primary N) is 2.